The number of nitrogens with one attached hydrogen (secondary N) is 1. The van der Waals surface area contributed by atoms with Gasteiger partial charge in [-0.15, -0.1) is 11.8 Å². The molecule has 0 aromatic heterocycles. The van der Waals surface area contributed by atoms with Crippen LogP contribution in [-0.2, 0) is 23.9 Å². The van der Waals surface area contributed by atoms with Gasteiger partial charge in [-0.1, -0.05) is 13.8 Å². The third-order valence-electron chi connectivity index (χ3n) is 4.94. The van der Waals surface area contributed by atoms with Gasteiger partial charge in [0.1, 0.15) is 0 Å². The topological polar surface area (TPSA) is 84.9 Å². The highest BCUT2D eigenvalue weighted by molar-refractivity contribution is 8.00. The van der Waals surface area contributed by atoms with Crippen molar-refractivity contribution in [3.63, 3.8) is 0 Å². The third-order valence-corrected chi connectivity index (χ3v) is 6.15. The Labute approximate surface area is 186 Å². The van der Waals surface area contributed by atoms with E-state index >= 15 is 0 Å². The van der Waals surface area contributed by atoms with Crippen molar-refractivity contribution in [2.24, 2.45) is 5.92 Å². The molecule has 1 unspecified atom stereocenters. The van der Waals surface area contributed by atoms with Gasteiger partial charge in [0.15, 0.2) is 0 Å². The summed E-state index contributed by atoms with van der Waals surface area (Å²) in [4.78, 5) is 36.8. The zero-order valence-electron chi connectivity index (χ0n) is 19.7. The second-order valence-corrected chi connectivity index (χ2v) is 10.8. The molecule has 1 aliphatic rings. The summed E-state index contributed by atoms with van der Waals surface area (Å²) in [5, 5.41) is 2.28. The SMILES string of the molecule is CC(=O)NCCN1C(=O)CC(SCCC(C)(C)OCCC(C)(C)OCC(C)C)C1=O. The van der Waals surface area contributed by atoms with Gasteiger partial charge in [-0.25, -0.2) is 0 Å². The molecule has 1 heterocycles. The first-order valence-electron chi connectivity index (χ1n) is 10.8. The Morgan fingerprint density at radius 2 is 1.80 bits per heavy atom. The first kappa shape index (κ1) is 26.9. The number of likely N-dealkylation sites (tertiary alicyclic amines) is 1. The Balaban J connectivity index is 2.33. The van der Waals surface area contributed by atoms with Crippen LogP contribution in [0, 0.1) is 5.92 Å². The number of rotatable bonds is 14. The number of hydrogen-bond acceptors (Lipinski definition) is 6. The highest BCUT2D eigenvalue weighted by Gasteiger charge is 2.38. The lowest BCUT2D eigenvalue weighted by molar-refractivity contribution is -0.138. The van der Waals surface area contributed by atoms with E-state index in [0.717, 1.165) is 25.2 Å². The summed E-state index contributed by atoms with van der Waals surface area (Å²) >= 11 is 1.51. The van der Waals surface area contributed by atoms with Crippen LogP contribution in [0.5, 0.6) is 0 Å². The summed E-state index contributed by atoms with van der Waals surface area (Å²) in [6.45, 7) is 15.8. The van der Waals surface area contributed by atoms with Crippen molar-refractivity contribution in [1.82, 2.24) is 10.2 Å². The smallest absolute Gasteiger partial charge is 0.242 e. The van der Waals surface area contributed by atoms with Crippen LogP contribution in [0.3, 0.4) is 0 Å². The number of amides is 3. The third kappa shape index (κ3) is 10.3. The molecule has 1 saturated heterocycles. The fourth-order valence-corrected chi connectivity index (χ4v) is 4.34. The van der Waals surface area contributed by atoms with Crippen molar-refractivity contribution >= 4 is 29.5 Å². The van der Waals surface area contributed by atoms with Gasteiger partial charge in [0.05, 0.1) is 23.1 Å². The molecule has 0 aliphatic carbocycles. The van der Waals surface area contributed by atoms with Crippen molar-refractivity contribution in [3.8, 4) is 0 Å². The molecule has 0 saturated carbocycles. The predicted molar refractivity (Wildman–Crippen MR) is 120 cm³/mol. The second kappa shape index (κ2) is 12.1. The summed E-state index contributed by atoms with van der Waals surface area (Å²) in [5.74, 6) is 0.756. The molecule has 30 heavy (non-hydrogen) atoms. The Bertz CT molecular complexity index is 592. The maximum Gasteiger partial charge on any atom is 0.242 e. The van der Waals surface area contributed by atoms with Gasteiger partial charge < -0.3 is 14.8 Å². The number of hydrogen-bond donors (Lipinski definition) is 1. The maximum absolute atomic E-state index is 12.5. The Hall–Kier alpha value is -1.12. The minimum absolute atomic E-state index is 0.155. The van der Waals surface area contributed by atoms with Crippen molar-refractivity contribution in [1.29, 1.82) is 0 Å². The van der Waals surface area contributed by atoms with Crippen LogP contribution in [0.4, 0.5) is 0 Å². The van der Waals surface area contributed by atoms with Crippen LogP contribution in [0.25, 0.3) is 0 Å². The van der Waals surface area contributed by atoms with Gasteiger partial charge in [0.25, 0.3) is 0 Å². The van der Waals surface area contributed by atoms with Gasteiger partial charge in [-0.05, 0) is 52.2 Å². The molecule has 1 atom stereocenters. The van der Waals surface area contributed by atoms with Crippen LogP contribution in [0.2, 0.25) is 0 Å². The zero-order chi connectivity index (χ0) is 22.9. The minimum Gasteiger partial charge on any atom is -0.375 e. The Kier molecular flexibility index (Phi) is 10.8. The molecule has 8 heteroatoms. The quantitative estimate of drug-likeness (QED) is 0.415. The highest BCUT2D eigenvalue weighted by atomic mass is 32.2. The van der Waals surface area contributed by atoms with E-state index in [1.54, 1.807) is 0 Å². The first-order chi connectivity index (χ1) is 13.8. The first-order valence-corrected chi connectivity index (χ1v) is 11.9. The van der Waals surface area contributed by atoms with Gasteiger partial charge in [-0.2, -0.15) is 0 Å². The molecular formula is C22H40N2O5S. The number of imide groups is 1. The van der Waals surface area contributed by atoms with Crippen LogP contribution >= 0.6 is 11.8 Å². The second-order valence-electron chi connectivity index (χ2n) is 9.50. The van der Waals surface area contributed by atoms with E-state index in [9.17, 15) is 14.4 Å². The zero-order valence-corrected chi connectivity index (χ0v) is 20.5. The lowest BCUT2D eigenvalue weighted by atomic mass is 10.0. The van der Waals surface area contributed by atoms with Crippen molar-refractivity contribution in [2.45, 2.75) is 84.2 Å². The van der Waals surface area contributed by atoms with E-state index in [-0.39, 0.29) is 47.1 Å². The van der Waals surface area contributed by atoms with Crippen molar-refractivity contribution in [2.75, 3.05) is 32.1 Å². The molecule has 0 bridgehead atoms. The van der Waals surface area contributed by atoms with Crippen LogP contribution in [-0.4, -0.2) is 71.1 Å². The van der Waals surface area contributed by atoms with Crippen molar-refractivity contribution < 1.29 is 23.9 Å². The largest absolute Gasteiger partial charge is 0.375 e. The molecule has 174 valence electrons. The van der Waals surface area contributed by atoms with Crippen LogP contribution < -0.4 is 5.32 Å². The minimum atomic E-state index is -0.339. The fourth-order valence-electron chi connectivity index (χ4n) is 2.92. The average molecular weight is 445 g/mol. The monoisotopic (exact) mass is 444 g/mol. The van der Waals surface area contributed by atoms with Gasteiger partial charge >= 0.3 is 0 Å². The normalized spacial score (nSPS) is 17.9. The van der Waals surface area contributed by atoms with E-state index in [2.05, 4.69) is 46.9 Å². The van der Waals surface area contributed by atoms with E-state index in [1.165, 1.54) is 23.6 Å². The lowest BCUT2D eigenvalue weighted by Crippen LogP contribution is -2.38. The highest BCUT2D eigenvalue weighted by Crippen LogP contribution is 2.28. The van der Waals surface area contributed by atoms with Gasteiger partial charge in [-0.3, -0.25) is 19.3 Å². The number of thioether (sulfide) groups is 1. The van der Waals surface area contributed by atoms with E-state index in [0.29, 0.717) is 19.1 Å². The molecular weight excluding hydrogens is 404 g/mol. The van der Waals surface area contributed by atoms with Crippen molar-refractivity contribution in [3.05, 3.63) is 0 Å². The summed E-state index contributed by atoms with van der Waals surface area (Å²) in [5.41, 5.74) is -0.523. The number of carbonyl (C=O) groups excluding carboxylic acids is 3. The molecule has 3 amide bonds. The maximum atomic E-state index is 12.5. The fraction of sp³-hybridized carbons (Fsp3) is 0.864. The standard InChI is InChI=1S/C22H40N2O5S/c1-16(2)15-29-21(4,5)8-12-28-22(6,7)9-13-30-18-14-19(26)24(20(18)27)11-10-23-17(3)25/h16,18H,8-15H2,1-7H3,(H,23,25). The molecule has 0 aromatic carbocycles. The average Bonchev–Trinajstić information content (AvgIpc) is 2.87. The lowest BCUT2D eigenvalue weighted by Gasteiger charge is -2.30. The number of carbonyl (C=O) groups is 3. The molecule has 7 nitrogen and oxygen atoms in total. The van der Waals surface area contributed by atoms with E-state index in [1.807, 2.05) is 0 Å². The van der Waals surface area contributed by atoms with Crippen LogP contribution in [0.15, 0.2) is 0 Å². The Morgan fingerprint density at radius 1 is 1.17 bits per heavy atom. The van der Waals surface area contributed by atoms with E-state index in [4.69, 9.17) is 9.47 Å². The number of ether oxygens (including phenoxy) is 2. The summed E-state index contributed by atoms with van der Waals surface area (Å²) in [6, 6.07) is 0. The molecule has 0 spiro atoms. The van der Waals surface area contributed by atoms with E-state index < -0.39 is 0 Å². The predicted octanol–water partition coefficient (Wildman–Crippen LogP) is 3.01. The molecule has 0 aromatic rings. The molecule has 0 radical (unpaired) electrons. The molecule has 1 rings (SSSR count). The van der Waals surface area contributed by atoms with Crippen LogP contribution in [0.1, 0.15) is 67.7 Å². The molecule has 1 fully saturated rings. The molecule has 1 N–H and O–H groups in total. The van der Waals surface area contributed by atoms with Gasteiger partial charge in [0.2, 0.25) is 17.7 Å². The molecule has 1 aliphatic heterocycles. The summed E-state index contributed by atoms with van der Waals surface area (Å²) in [6.07, 6.45) is 1.83. The van der Waals surface area contributed by atoms with Gasteiger partial charge in [0, 0.05) is 33.0 Å². The number of nitrogens with zero attached hydrogens (tertiary/aromatic N) is 1. The Morgan fingerprint density at radius 3 is 2.40 bits per heavy atom. The summed E-state index contributed by atoms with van der Waals surface area (Å²) < 4.78 is 12.0. The summed E-state index contributed by atoms with van der Waals surface area (Å²) in [7, 11) is 0.